The van der Waals surface area contributed by atoms with E-state index in [0.29, 0.717) is 18.1 Å². The fraction of sp³-hybridized carbons (Fsp3) is 0.188. The molecule has 0 aliphatic rings. The molecule has 0 spiro atoms. The Balaban J connectivity index is 1.97. The van der Waals surface area contributed by atoms with E-state index in [1.54, 1.807) is 20.4 Å². The highest BCUT2D eigenvalue weighted by molar-refractivity contribution is 5.48. The number of rotatable bonds is 4. The molecule has 0 radical (unpaired) electrons. The lowest BCUT2D eigenvalue weighted by Gasteiger charge is -2.03. The van der Waals surface area contributed by atoms with Gasteiger partial charge in [0.05, 0.1) is 13.7 Å². The highest BCUT2D eigenvalue weighted by Crippen LogP contribution is 2.14. The fourth-order valence-electron chi connectivity index (χ4n) is 2.25. The summed E-state index contributed by atoms with van der Waals surface area (Å²) in [5.41, 5.74) is 1.45. The van der Waals surface area contributed by atoms with Gasteiger partial charge in [0.2, 0.25) is 0 Å². The van der Waals surface area contributed by atoms with E-state index in [0.717, 1.165) is 11.3 Å². The van der Waals surface area contributed by atoms with E-state index >= 15 is 0 Å². The quantitative estimate of drug-likeness (QED) is 0.735. The predicted octanol–water partition coefficient (Wildman–Crippen LogP) is 1.70. The molecule has 0 amide bonds. The normalized spacial score (nSPS) is 10.6. The molecule has 112 valence electrons. The van der Waals surface area contributed by atoms with Crippen LogP contribution in [0.4, 0.5) is 0 Å². The zero-order valence-corrected chi connectivity index (χ0v) is 12.4. The van der Waals surface area contributed by atoms with Gasteiger partial charge < -0.3 is 4.74 Å². The first-order valence-corrected chi connectivity index (χ1v) is 6.87. The summed E-state index contributed by atoms with van der Waals surface area (Å²) in [5.74, 6) is 1.31. The Morgan fingerprint density at radius 3 is 2.77 bits per heavy atom. The van der Waals surface area contributed by atoms with Gasteiger partial charge in [0.25, 0.3) is 0 Å². The van der Waals surface area contributed by atoms with Crippen molar-refractivity contribution in [1.29, 1.82) is 0 Å². The molecule has 3 aromatic rings. The number of hydrogen-bond donors (Lipinski definition) is 0. The number of hydrogen-bond acceptors (Lipinski definition) is 4. The number of nitrogens with zero attached hydrogens (tertiary/aromatic N) is 4. The molecule has 0 bridgehead atoms. The van der Waals surface area contributed by atoms with Gasteiger partial charge in [0, 0.05) is 13.2 Å². The maximum absolute atomic E-state index is 12.3. The van der Waals surface area contributed by atoms with Crippen LogP contribution in [0.2, 0.25) is 0 Å². The Morgan fingerprint density at radius 1 is 1.18 bits per heavy atom. The van der Waals surface area contributed by atoms with Gasteiger partial charge in [-0.05, 0) is 29.8 Å². The molecule has 0 saturated heterocycles. The molecule has 0 atom stereocenters. The molecule has 0 unspecified atom stereocenters. The van der Waals surface area contributed by atoms with E-state index in [-0.39, 0.29) is 5.69 Å². The summed E-state index contributed by atoms with van der Waals surface area (Å²) in [6, 6.07) is 13.1. The second-order valence-corrected chi connectivity index (χ2v) is 4.89. The molecule has 0 saturated carbocycles. The molecule has 22 heavy (non-hydrogen) atoms. The van der Waals surface area contributed by atoms with Crippen molar-refractivity contribution in [2.45, 2.75) is 6.54 Å². The third-order valence-electron chi connectivity index (χ3n) is 3.40. The van der Waals surface area contributed by atoms with Crippen LogP contribution in [-0.4, -0.2) is 26.4 Å². The van der Waals surface area contributed by atoms with E-state index in [1.807, 2.05) is 42.5 Å². The first-order valence-electron chi connectivity index (χ1n) is 6.87. The third-order valence-corrected chi connectivity index (χ3v) is 3.40. The number of aromatic nitrogens is 4. The molecule has 6 heteroatoms. The van der Waals surface area contributed by atoms with Crippen molar-refractivity contribution < 1.29 is 4.74 Å². The summed E-state index contributed by atoms with van der Waals surface area (Å²) in [6.45, 7) is 0.386. The van der Waals surface area contributed by atoms with Crippen LogP contribution in [0.5, 0.6) is 5.75 Å². The smallest absolute Gasteiger partial charge is 0.346 e. The monoisotopic (exact) mass is 296 g/mol. The molecule has 6 nitrogen and oxygen atoms in total. The van der Waals surface area contributed by atoms with Gasteiger partial charge >= 0.3 is 5.69 Å². The van der Waals surface area contributed by atoms with Crippen LogP contribution in [0.15, 0.2) is 53.5 Å². The lowest BCUT2D eigenvalue weighted by molar-refractivity contribution is 0.414. The van der Waals surface area contributed by atoms with Gasteiger partial charge in [0.15, 0.2) is 5.82 Å². The Morgan fingerprint density at radius 2 is 2.05 bits per heavy atom. The zero-order chi connectivity index (χ0) is 15.5. The lowest BCUT2D eigenvalue weighted by atomic mass is 10.2. The molecule has 3 rings (SSSR count). The molecule has 1 aromatic carbocycles. The second-order valence-electron chi connectivity index (χ2n) is 4.89. The maximum atomic E-state index is 12.3. The Hall–Kier alpha value is -2.89. The summed E-state index contributed by atoms with van der Waals surface area (Å²) >= 11 is 0. The largest absolute Gasteiger partial charge is 0.497 e. The van der Waals surface area contributed by atoms with Crippen LogP contribution in [-0.2, 0) is 13.6 Å². The standard InChI is InChI=1S/C16H16N4O2/c1-19-15(14-8-3-4-9-17-14)18-20(16(19)21)11-12-6-5-7-13(10-12)22-2/h3-10H,11H2,1-2H3. The van der Waals surface area contributed by atoms with Gasteiger partial charge in [-0.1, -0.05) is 18.2 Å². The second kappa shape index (κ2) is 5.85. The van der Waals surface area contributed by atoms with Crippen LogP contribution in [0, 0.1) is 0 Å². The van der Waals surface area contributed by atoms with Crippen molar-refractivity contribution in [3.8, 4) is 17.3 Å². The minimum Gasteiger partial charge on any atom is -0.497 e. The SMILES string of the molecule is COc1cccc(Cn2nc(-c3ccccn3)n(C)c2=O)c1. The lowest BCUT2D eigenvalue weighted by Crippen LogP contribution is -2.23. The summed E-state index contributed by atoms with van der Waals surface area (Å²) < 4.78 is 8.13. The number of methoxy groups -OCH3 is 1. The summed E-state index contributed by atoms with van der Waals surface area (Å²) in [7, 11) is 3.31. The van der Waals surface area contributed by atoms with Crippen LogP contribution in [0.25, 0.3) is 11.5 Å². The average Bonchev–Trinajstić information content (AvgIpc) is 2.84. The minimum absolute atomic E-state index is 0.177. The van der Waals surface area contributed by atoms with E-state index < -0.39 is 0 Å². The molecule has 0 aliphatic carbocycles. The Bertz CT molecular complexity index is 837. The van der Waals surface area contributed by atoms with Gasteiger partial charge in [-0.3, -0.25) is 9.55 Å². The van der Waals surface area contributed by atoms with Crippen LogP contribution in [0.3, 0.4) is 0 Å². The summed E-state index contributed by atoms with van der Waals surface area (Å²) in [5, 5.41) is 4.39. The summed E-state index contributed by atoms with van der Waals surface area (Å²) in [4.78, 5) is 16.6. The van der Waals surface area contributed by atoms with Gasteiger partial charge in [0.1, 0.15) is 11.4 Å². The fourth-order valence-corrected chi connectivity index (χ4v) is 2.25. The summed E-state index contributed by atoms with van der Waals surface area (Å²) in [6.07, 6.45) is 1.68. The number of pyridine rings is 1. The zero-order valence-electron chi connectivity index (χ0n) is 12.4. The predicted molar refractivity (Wildman–Crippen MR) is 82.8 cm³/mol. The third kappa shape index (κ3) is 2.63. The van der Waals surface area contributed by atoms with Crippen LogP contribution >= 0.6 is 0 Å². The number of ether oxygens (including phenoxy) is 1. The van der Waals surface area contributed by atoms with E-state index in [9.17, 15) is 4.79 Å². The molecule has 0 aliphatic heterocycles. The van der Waals surface area contributed by atoms with Gasteiger partial charge in [-0.25, -0.2) is 9.48 Å². The van der Waals surface area contributed by atoms with E-state index in [4.69, 9.17) is 4.74 Å². The highest BCUT2D eigenvalue weighted by Gasteiger charge is 2.13. The first kappa shape index (κ1) is 14.1. The minimum atomic E-state index is -0.177. The van der Waals surface area contributed by atoms with E-state index in [2.05, 4.69) is 10.1 Å². The van der Waals surface area contributed by atoms with Crippen molar-refractivity contribution in [2.24, 2.45) is 7.05 Å². The van der Waals surface area contributed by atoms with Gasteiger partial charge in [-0.2, -0.15) is 0 Å². The average molecular weight is 296 g/mol. The van der Waals surface area contributed by atoms with E-state index in [1.165, 1.54) is 9.25 Å². The maximum Gasteiger partial charge on any atom is 0.346 e. The highest BCUT2D eigenvalue weighted by atomic mass is 16.5. The van der Waals surface area contributed by atoms with Gasteiger partial charge in [-0.15, -0.1) is 5.10 Å². The molecular weight excluding hydrogens is 280 g/mol. The molecule has 0 fully saturated rings. The van der Waals surface area contributed by atoms with Crippen molar-refractivity contribution >= 4 is 0 Å². The molecule has 2 aromatic heterocycles. The number of benzene rings is 1. The van der Waals surface area contributed by atoms with Crippen LogP contribution in [0.1, 0.15) is 5.56 Å². The molecule has 2 heterocycles. The van der Waals surface area contributed by atoms with Crippen molar-refractivity contribution in [1.82, 2.24) is 19.3 Å². The Labute approximate surface area is 127 Å². The first-order chi connectivity index (χ1) is 10.7. The van der Waals surface area contributed by atoms with Crippen molar-refractivity contribution in [3.63, 3.8) is 0 Å². The van der Waals surface area contributed by atoms with Crippen molar-refractivity contribution in [3.05, 3.63) is 64.7 Å². The molecular formula is C16H16N4O2. The molecule has 0 N–H and O–H groups in total. The van der Waals surface area contributed by atoms with Crippen LogP contribution < -0.4 is 10.4 Å². The topological polar surface area (TPSA) is 61.9 Å². The van der Waals surface area contributed by atoms with Crippen molar-refractivity contribution in [2.75, 3.05) is 7.11 Å². The Kier molecular flexibility index (Phi) is 3.74.